The Kier molecular flexibility index (Phi) is 6.76. The number of benzene rings is 2. The van der Waals surface area contributed by atoms with Gasteiger partial charge in [0.2, 0.25) is 0 Å². The molecule has 0 spiro atoms. The monoisotopic (exact) mass is 480 g/mol. The van der Waals surface area contributed by atoms with Crippen molar-refractivity contribution < 1.29 is 29.2 Å². The third-order valence-electron chi connectivity index (χ3n) is 6.27. The van der Waals surface area contributed by atoms with Crippen molar-refractivity contribution in [2.24, 2.45) is 0 Å². The number of carbonyl (C=O) groups is 4. The molecule has 182 valence electrons. The van der Waals surface area contributed by atoms with E-state index < -0.39 is 22.7 Å². The van der Waals surface area contributed by atoms with Gasteiger partial charge in [-0.1, -0.05) is 19.3 Å². The van der Waals surface area contributed by atoms with E-state index in [1.165, 1.54) is 30.3 Å². The summed E-state index contributed by atoms with van der Waals surface area (Å²) in [6, 6.07) is 7.90. The van der Waals surface area contributed by atoms with E-state index in [-0.39, 0.29) is 58.7 Å². The molecule has 0 aromatic heterocycles. The van der Waals surface area contributed by atoms with Crippen molar-refractivity contribution in [1.29, 1.82) is 0 Å². The Morgan fingerprint density at radius 1 is 1.00 bits per heavy atom. The first-order valence-corrected chi connectivity index (χ1v) is 11.3. The number of nitrogens with zero attached hydrogens (tertiary/aromatic N) is 2. The molecule has 0 radical (unpaired) electrons. The van der Waals surface area contributed by atoms with Crippen LogP contribution in [0.2, 0.25) is 0 Å². The van der Waals surface area contributed by atoms with Crippen molar-refractivity contribution in [3.05, 3.63) is 68.8 Å². The number of nitro benzene ring substituents is 1. The van der Waals surface area contributed by atoms with Gasteiger partial charge in [-0.3, -0.25) is 29.4 Å². The van der Waals surface area contributed by atoms with Gasteiger partial charge < -0.3 is 15.7 Å². The molecule has 35 heavy (non-hydrogen) atoms. The highest BCUT2D eigenvalue weighted by molar-refractivity contribution is 6.22. The summed E-state index contributed by atoms with van der Waals surface area (Å²) in [6.45, 7) is -0.0679. The summed E-state index contributed by atoms with van der Waals surface area (Å²) in [6.07, 6.45) is 5.01. The van der Waals surface area contributed by atoms with Crippen LogP contribution in [0, 0.1) is 10.1 Å². The number of nitro groups is 1. The summed E-state index contributed by atoms with van der Waals surface area (Å²) in [7, 11) is 0. The highest BCUT2D eigenvalue weighted by Gasteiger charge is 2.35. The van der Waals surface area contributed by atoms with E-state index in [0.29, 0.717) is 0 Å². The summed E-state index contributed by atoms with van der Waals surface area (Å²) < 4.78 is 0. The maximum atomic E-state index is 12.6. The van der Waals surface area contributed by atoms with Gasteiger partial charge in [-0.2, -0.15) is 0 Å². The molecule has 1 heterocycles. The fraction of sp³-hybridized carbons (Fsp3) is 0.333. The Morgan fingerprint density at radius 2 is 1.69 bits per heavy atom. The second-order valence-electron chi connectivity index (χ2n) is 8.55. The van der Waals surface area contributed by atoms with Crippen molar-refractivity contribution in [2.45, 2.75) is 38.1 Å². The number of hydrogen-bond acceptors (Lipinski definition) is 7. The summed E-state index contributed by atoms with van der Waals surface area (Å²) in [4.78, 5) is 60.9. The minimum atomic E-state index is -1.21. The molecule has 11 nitrogen and oxygen atoms in total. The van der Waals surface area contributed by atoms with Crippen LogP contribution in [-0.4, -0.2) is 57.8 Å². The Hall–Kier alpha value is -4.28. The fourth-order valence-electron chi connectivity index (χ4n) is 4.42. The van der Waals surface area contributed by atoms with E-state index in [0.717, 1.165) is 43.1 Å². The minimum Gasteiger partial charge on any atom is -0.478 e. The molecule has 3 amide bonds. The third-order valence-corrected chi connectivity index (χ3v) is 6.27. The van der Waals surface area contributed by atoms with Gasteiger partial charge in [0.1, 0.15) is 5.69 Å². The number of nitrogens with one attached hydrogen (secondary N) is 2. The molecule has 2 aromatic carbocycles. The van der Waals surface area contributed by atoms with E-state index in [1.807, 2.05) is 0 Å². The number of imide groups is 1. The number of fused-ring (bicyclic) bond motifs is 1. The van der Waals surface area contributed by atoms with Gasteiger partial charge in [0.25, 0.3) is 23.4 Å². The van der Waals surface area contributed by atoms with Crippen LogP contribution in [0.3, 0.4) is 0 Å². The first-order chi connectivity index (χ1) is 16.8. The molecule has 4 rings (SSSR count). The van der Waals surface area contributed by atoms with Crippen molar-refractivity contribution >= 4 is 35.1 Å². The molecule has 2 aliphatic rings. The largest absolute Gasteiger partial charge is 0.478 e. The molecule has 0 saturated heterocycles. The SMILES string of the molecule is O=C(O)c1ccc2c(c1)C(=O)N(CCNc1ccc(C(=O)NC3CCCCC3)cc1[N+](=O)[O-])C2=O. The van der Waals surface area contributed by atoms with Crippen LogP contribution < -0.4 is 10.6 Å². The molecule has 1 aliphatic carbocycles. The van der Waals surface area contributed by atoms with Crippen molar-refractivity contribution in [3.8, 4) is 0 Å². The van der Waals surface area contributed by atoms with E-state index in [2.05, 4.69) is 10.6 Å². The maximum Gasteiger partial charge on any atom is 0.335 e. The van der Waals surface area contributed by atoms with Gasteiger partial charge in [-0.05, 0) is 43.2 Å². The summed E-state index contributed by atoms with van der Waals surface area (Å²) >= 11 is 0. The first kappa shape index (κ1) is 23.9. The van der Waals surface area contributed by atoms with Gasteiger partial charge >= 0.3 is 5.97 Å². The predicted molar refractivity (Wildman–Crippen MR) is 125 cm³/mol. The van der Waals surface area contributed by atoms with Crippen molar-refractivity contribution in [3.63, 3.8) is 0 Å². The van der Waals surface area contributed by atoms with Crippen LogP contribution in [0.1, 0.15) is 73.5 Å². The zero-order valence-electron chi connectivity index (χ0n) is 18.8. The van der Waals surface area contributed by atoms with Crippen LogP contribution >= 0.6 is 0 Å². The lowest BCUT2D eigenvalue weighted by molar-refractivity contribution is -0.384. The smallest absolute Gasteiger partial charge is 0.335 e. The highest BCUT2D eigenvalue weighted by atomic mass is 16.6. The fourth-order valence-corrected chi connectivity index (χ4v) is 4.42. The van der Waals surface area contributed by atoms with E-state index in [9.17, 15) is 29.3 Å². The zero-order valence-corrected chi connectivity index (χ0v) is 18.8. The average Bonchev–Trinajstić information content (AvgIpc) is 3.08. The number of rotatable bonds is 8. The van der Waals surface area contributed by atoms with Crippen LogP contribution in [-0.2, 0) is 0 Å². The van der Waals surface area contributed by atoms with E-state index in [4.69, 9.17) is 5.11 Å². The first-order valence-electron chi connectivity index (χ1n) is 11.3. The lowest BCUT2D eigenvalue weighted by Gasteiger charge is -2.22. The number of carboxylic acid groups (broad SMARTS) is 1. The Labute approximate surface area is 200 Å². The van der Waals surface area contributed by atoms with Crippen LogP contribution in [0.4, 0.5) is 11.4 Å². The number of carbonyl (C=O) groups excluding carboxylic acids is 3. The van der Waals surface area contributed by atoms with E-state index in [1.54, 1.807) is 0 Å². The Bertz CT molecular complexity index is 1220. The minimum absolute atomic E-state index is 0.00853. The Morgan fingerprint density at radius 3 is 2.37 bits per heavy atom. The van der Waals surface area contributed by atoms with Crippen LogP contribution in [0.5, 0.6) is 0 Å². The molecular weight excluding hydrogens is 456 g/mol. The number of anilines is 1. The van der Waals surface area contributed by atoms with Crippen molar-refractivity contribution in [2.75, 3.05) is 18.4 Å². The van der Waals surface area contributed by atoms with Gasteiger partial charge in [0.05, 0.1) is 21.6 Å². The second kappa shape index (κ2) is 9.92. The lowest BCUT2D eigenvalue weighted by atomic mass is 9.95. The normalized spacial score (nSPS) is 15.6. The van der Waals surface area contributed by atoms with Gasteiger partial charge in [-0.15, -0.1) is 0 Å². The quantitative estimate of drug-likeness (QED) is 0.295. The maximum absolute atomic E-state index is 12.6. The van der Waals surface area contributed by atoms with Gasteiger partial charge in [0, 0.05) is 30.8 Å². The van der Waals surface area contributed by atoms with Gasteiger partial charge in [-0.25, -0.2) is 4.79 Å². The summed E-state index contributed by atoms with van der Waals surface area (Å²) in [5, 5.41) is 26.5. The molecule has 11 heteroatoms. The third kappa shape index (κ3) is 4.98. The highest BCUT2D eigenvalue weighted by Crippen LogP contribution is 2.27. The number of amides is 3. The predicted octanol–water partition coefficient (Wildman–Crippen LogP) is 3.06. The molecule has 0 bridgehead atoms. The van der Waals surface area contributed by atoms with E-state index >= 15 is 0 Å². The van der Waals surface area contributed by atoms with Crippen LogP contribution in [0.25, 0.3) is 0 Å². The zero-order chi connectivity index (χ0) is 25.1. The summed E-state index contributed by atoms with van der Waals surface area (Å²) in [5.41, 5.74) is 0.0489. The number of hydrogen-bond donors (Lipinski definition) is 3. The number of carboxylic acids is 1. The molecule has 1 saturated carbocycles. The molecular formula is C24H24N4O7. The standard InChI is InChI=1S/C24H24N4O7/c29-21(26-16-4-2-1-3-5-16)14-7-9-19(20(13-14)28(34)35)25-10-11-27-22(30)17-8-6-15(24(32)33)12-18(17)23(27)31/h6-9,12-13,16,25H,1-5,10-11H2,(H,26,29)(H,32,33). The number of aromatic carboxylic acids is 1. The molecule has 1 aliphatic heterocycles. The molecule has 2 aromatic rings. The van der Waals surface area contributed by atoms with Crippen molar-refractivity contribution in [1.82, 2.24) is 10.2 Å². The average molecular weight is 480 g/mol. The molecule has 1 fully saturated rings. The molecule has 3 N–H and O–H groups in total. The van der Waals surface area contributed by atoms with Gasteiger partial charge in [0.15, 0.2) is 0 Å². The van der Waals surface area contributed by atoms with Crippen LogP contribution in [0.15, 0.2) is 36.4 Å². The topological polar surface area (TPSA) is 159 Å². The Balaban J connectivity index is 1.41. The summed E-state index contributed by atoms with van der Waals surface area (Å²) in [5.74, 6) is -2.76. The second-order valence-corrected chi connectivity index (χ2v) is 8.55. The molecule has 0 unspecified atom stereocenters. The molecule has 0 atom stereocenters. The lowest BCUT2D eigenvalue weighted by Crippen LogP contribution is -2.36.